The van der Waals surface area contributed by atoms with Crippen molar-refractivity contribution >= 4 is 12.3 Å². The highest BCUT2D eigenvalue weighted by Crippen LogP contribution is 2.15. The van der Waals surface area contributed by atoms with Crippen molar-refractivity contribution in [2.75, 3.05) is 0 Å². The van der Waals surface area contributed by atoms with Crippen LogP contribution in [0.5, 0.6) is 5.75 Å². The number of esters is 1. The number of para-hydroxylation sites is 1. The van der Waals surface area contributed by atoms with Crippen LogP contribution in [-0.2, 0) is 4.79 Å². The maximum atomic E-state index is 11.0. The van der Waals surface area contributed by atoms with Crippen molar-refractivity contribution in [3.05, 3.63) is 29.8 Å². The summed E-state index contributed by atoms with van der Waals surface area (Å²) in [6.07, 6.45) is 0.627. The Labute approximate surface area is 81.7 Å². The molecule has 0 fully saturated rings. The van der Waals surface area contributed by atoms with Gasteiger partial charge in [0.2, 0.25) is 0 Å². The molecule has 0 unspecified atom stereocenters. The molecule has 0 amide bonds. The third kappa shape index (κ3) is 2.46. The molecule has 0 aliphatic rings. The molecule has 0 aliphatic carbocycles. The molecule has 1 aromatic rings. The lowest BCUT2D eigenvalue weighted by Gasteiger charge is -2.01. The molecule has 70 valence electrons. The highest BCUT2D eigenvalue weighted by molar-refractivity contribution is 5.91. The number of carbonyl (C=O) groups excluding carboxylic acids is 2. The molecule has 0 heterocycles. The van der Waals surface area contributed by atoms with E-state index >= 15 is 0 Å². The minimum Gasteiger partial charge on any atom is -0.416 e. The van der Waals surface area contributed by atoms with Crippen molar-refractivity contribution in [2.45, 2.75) is 6.92 Å². The largest absolute Gasteiger partial charge is 0.416 e. The Morgan fingerprint density at radius 3 is 2.79 bits per heavy atom. The fourth-order valence-electron chi connectivity index (χ4n) is 0.898. The van der Waals surface area contributed by atoms with Crippen LogP contribution in [0.1, 0.15) is 17.3 Å². The molecule has 0 spiro atoms. The van der Waals surface area contributed by atoms with Crippen LogP contribution in [0.2, 0.25) is 0 Å². The Morgan fingerprint density at radius 2 is 2.14 bits per heavy atom. The Balaban J connectivity index is 2.89. The van der Waals surface area contributed by atoms with Crippen molar-refractivity contribution in [3.63, 3.8) is 0 Å². The smallest absolute Gasteiger partial charge is 0.389 e. The SMILES string of the molecule is CC#CC(=O)Oc1ccccc1C=O. The number of benzene rings is 1. The lowest BCUT2D eigenvalue weighted by atomic mass is 10.2. The second kappa shape index (κ2) is 4.83. The van der Waals surface area contributed by atoms with Gasteiger partial charge in [0.05, 0.1) is 5.56 Å². The molecular weight excluding hydrogens is 180 g/mol. The van der Waals surface area contributed by atoms with Crippen LogP contribution in [0.3, 0.4) is 0 Å². The quantitative estimate of drug-likeness (QED) is 0.232. The van der Waals surface area contributed by atoms with E-state index in [-0.39, 0.29) is 5.75 Å². The Bertz CT molecular complexity index is 410. The molecule has 1 aromatic carbocycles. The number of hydrogen-bond donors (Lipinski definition) is 0. The van der Waals surface area contributed by atoms with E-state index in [1.807, 2.05) is 0 Å². The number of rotatable bonds is 2. The minimum absolute atomic E-state index is 0.232. The molecule has 0 saturated carbocycles. The van der Waals surface area contributed by atoms with Crippen LogP contribution in [0, 0.1) is 11.8 Å². The van der Waals surface area contributed by atoms with Gasteiger partial charge in [0.25, 0.3) is 0 Å². The molecule has 0 atom stereocenters. The molecule has 0 saturated heterocycles. The van der Waals surface area contributed by atoms with Gasteiger partial charge in [-0.15, -0.1) is 0 Å². The van der Waals surface area contributed by atoms with Crippen LogP contribution >= 0.6 is 0 Å². The third-order valence-corrected chi connectivity index (χ3v) is 1.48. The molecular formula is C11H8O3. The zero-order valence-corrected chi connectivity index (χ0v) is 7.61. The van der Waals surface area contributed by atoms with Crippen LogP contribution < -0.4 is 4.74 Å². The zero-order valence-electron chi connectivity index (χ0n) is 7.61. The van der Waals surface area contributed by atoms with Gasteiger partial charge in [-0.2, -0.15) is 0 Å². The molecule has 1 rings (SSSR count). The summed E-state index contributed by atoms with van der Waals surface area (Å²) in [4.78, 5) is 21.5. The normalized spacial score (nSPS) is 8.36. The summed E-state index contributed by atoms with van der Waals surface area (Å²) in [7, 11) is 0. The summed E-state index contributed by atoms with van der Waals surface area (Å²) >= 11 is 0. The standard InChI is InChI=1S/C11H8O3/c1-2-5-11(13)14-10-7-4-3-6-9(10)8-12/h3-4,6-8H,1H3. The molecule has 3 nitrogen and oxygen atoms in total. The van der Waals surface area contributed by atoms with E-state index < -0.39 is 5.97 Å². The first-order chi connectivity index (χ1) is 6.77. The van der Waals surface area contributed by atoms with E-state index in [1.165, 1.54) is 6.92 Å². The molecule has 0 N–H and O–H groups in total. The van der Waals surface area contributed by atoms with Gasteiger partial charge < -0.3 is 4.74 Å². The van der Waals surface area contributed by atoms with Crippen molar-refractivity contribution in [3.8, 4) is 17.6 Å². The van der Waals surface area contributed by atoms with Crippen molar-refractivity contribution in [1.29, 1.82) is 0 Å². The Kier molecular flexibility index (Phi) is 3.45. The first-order valence-electron chi connectivity index (χ1n) is 3.96. The van der Waals surface area contributed by atoms with E-state index in [0.29, 0.717) is 11.8 Å². The average Bonchev–Trinajstić information content (AvgIpc) is 2.19. The van der Waals surface area contributed by atoms with Gasteiger partial charge >= 0.3 is 5.97 Å². The second-order valence-corrected chi connectivity index (χ2v) is 2.42. The summed E-state index contributed by atoms with van der Waals surface area (Å²) < 4.78 is 4.83. The maximum absolute atomic E-state index is 11.0. The lowest BCUT2D eigenvalue weighted by molar-refractivity contribution is -0.128. The minimum atomic E-state index is -0.665. The monoisotopic (exact) mass is 188 g/mol. The summed E-state index contributed by atoms with van der Waals surface area (Å²) in [5.74, 6) is 4.20. The van der Waals surface area contributed by atoms with Gasteiger partial charge in [-0.1, -0.05) is 18.1 Å². The summed E-state index contributed by atoms with van der Waals surface area (Å²) in [5, 5.41) is 0. The summed E-state index contributed by atoms with van der Waals surface area (Å²) in [6.45, 7) is 1.53. The Morgan fingerprint density at radius 1 is 1.43 bits per heavy atom. The average molecular weight is 188 g/mol. The predicted octanol–water partition coefficient (Wildman–Crippen LogP) is 1.43. The fourth-order valence-corrected chi connectivity index (χ4v) is 0.898. The molecule has 0 aromatic heterocycles. The fraction of sp³-hybridized carbons (Fsp3) is 0.0909. The number of carbonyl (C=O) groups is 2. The van der Waals surface area contributed by atoms with Gasteiger partial charge in [-0.25, -0.2) is 4.79 Å². The van der Waals surface area contributed by atoms with Gasteiger partial charge in [0, 0.05) is 5.92 Å². The molecule has 0 bridgehead atoms. The highest BCUT2D eigenvalue weighted by Gasteiger charge is 2.04. The van der Waals surface area contributed by atoms with Crippen LogP contribution in [-0.4, -0.2) is 12.3 Å². The first-order valence-corrected chi connectivity index (χ1v) is 3.96. The van der Waals surface area contributed by atoms with E-state index in [2.05, 4.69) is 11.8 Å². The summed E-state index contributed by atoms with van der Waals surface area (Å²) in [6, 6.07) is 6.47. The third-order valence-electron chi connectivity index (χ3n) is 1.48. The Hall–Kier alpha value is -2.08. The zero-order chi connectivity index (χ0) is 10.4. The lowest BCUT2D eigenvalue weighted by Crippen LogP contribution is -2.05. The van der Waals surface area contributed by atoms with E-state index in [4.69, 9.17) is 4.74 Å². The second-order valence-electron chi connectivity index (χ2n) is 2.42. The molecule has 14 heavy (non-hydrogen) atoms. The predicted molar refractivity (Wildman–Crippen MR) is 50.9 cm³/mol. The van der Waals surface area contributed by atoms with Crippen molar-refractivity contribution < 1.29 is 14.3 Å². The molecule has 0 radical (unpaired) electrons. The van der Waals surface area contributed by atoms with Crippen LogP contribution in [0.15, 0.2) is 24.3 Å². The van der Waals surface area contributed by atoms with Gasteiger partial charge in [0.1, 0.15) is 5.75 Å². The van der Waals surface area contributed by atoms with E-state index in [0.717, 1.165) is 0 Å². The topological polar surface area (TPSA) is 43.4 Å². The van der Waals surface area contributed by atoms with Crippen molar-refractivity contribution in [2.24, 2.45) is 0 Å². The number of aldehydes is 1. The van der Waals surface area contributed by atoms with Gasteiger partial charge in [0.15, 0.2) is 6.29 Å². The maximum Gasteiger partial charge on any atom is 0.389 e. The number of ether oxygens (including phenoxy) is 1. The van der Waals surface area contributed by atoms with Crippen molar-refractivity contribution in [1.82, 2.24) is 0 Å². The van der Waals surface area contributed by atoms with E-state index in [9.17, 15) is 9.59 Å². The summed E-state index contributed by atoms with van der Waals surface area (Å²) in [5.41, 5.74) is 0.332. The van der Waals surface area contributed by atoms with Crippen LogP contribution in [0.25, 0.3) is 0 Å². The van der Waals surface area contributed by atoms with Gasteiger partial charge in [-0.05, 0) is 19.1 Å². The van der Waals surface area contributed by atoms with Crippen LogP contribution in [0.4, 0.5) is 0 Å². The first kappa shape index (κ1) is 10.0. The molecule has 0 aliphatic heterocycles. The van der Waals surface area contributed by atoms with E-state index in [1.54, 1.807) is 24.3 Å². The molecule has 3 heteroatoms. The highest BCUT2D eigenvalue weighted by atomic mass is 16.5. The van der Waals surface area contributed by atoms with Gasteiger partial charge in [-0.3, -0.25) is 4.79 Å². The number of hydrogen-bond acceptors (Lipinski definition) is 3.